The van der Waals surface area contributed by atoms with Gasteiger partial charge in [-0.1, -0.05) is 12.2 Å². The van der Waals surface area contributed by atoms with Gasteiger partial charge in [0, 0.05) is 42.2 Å². The molecule has 11 heteroatoms. The van der Waals surface area contributed by atoms with Crippen LogP contribution in [0.25, 0.3) is 16.7 Å². The van der Waals surface area contributed by atoms with Crippen LogP contribution in [-0.4, -0.2) is 74.9 Å². The Labute approximate surface area is 262 Å². The number of aryl methyl sites for hydroxylation is 3. The number of nitrogens with zero attached hydrogens (tertiary/aromatic N) is 4. The Kier molecular flexibility index (Phi) is 8.05. The summed E-state index contributed by atoms with van der Waals surface area (Å²) in [4.78, 5) is 46.5. The predicted octanol–water partition coefficient (Wildman–Crippen LogP) is 4.29. The number of carbonyl (C=O) groups is 3. The van der Waals surface area contributed by atoms with Crippen molar-refractivity contribution < 1.29 is 29.0 Å². The summed E-state index contributed by atoms with van der Waals surface area (Å²) < 4.78 is 14.0. The molecule has 2 saturated carbocycles. The SMILES string of the molecule is COc1ccc2c(OC3CC4C(=O)NC5(C(=O)O)CC5/C=C/CCCCN(C)C(=O)C4C3)cc(-n3nc(C)cc3C)nc2c1C. The highest BCUT2D eigenvalue weighted by atomic mass is 16.5. The van der Waals surface area contributed by atoms with Gasteiger partial charge in [0.1, 0.15) is 23.1 Å². The normalized spacial score (nSPS) is 27.7. The lowest BCUT2D eigenvalue weighted by Crippen LogP contribution is -2.49. The first kappa shape index (κ1) is 30.6. The minimum absolute atomic E-state index is 0.117. The third-order valence-electron chi connectivity index (χ3n) is 9.65. The maximum absolute atomic E-state index is 13.8. The van der Waals surface area contributed by atoms with Crippen LogP contribution in [0.15, 0.2) is 36.4 Å². The quantitative estimate of drug-likeness (QED) is 0.406. The number of carbonyl (C=O) groups excluding carboxylic acids is 2. The molecule has 6 rings (SSSR count). The van der Waals surface area contributed by atoms with E-state index in [0.717, 1.165) is 41.6 Å². The third kappa shape index (κ3) is 5.64. The second-order valence-corrected chi connectivity index (χ2v) is 12.8. The van der Waals surface area contributed by atoms with E-state index in [1.807, 2.05) is 57.2 Å². The summed E-state index contributed by atoms with van der Waals surface area (Å²) in [7, 11) is 3.39. The van der Waals surface area contributed by atoms with Gasteiger partial charge in [-0.05, 0) is 77.5 Å². The van der Waals surface area contributed by atoms with Gasteiger partial charge in [-0.3, -0.25) is 9.59 Å². The van der Waals surface area contributed by atoms with E-state index in [-0.39, 0.29) is 18.2 Å². The molecule has 1 aliphatic heterocycles. The molecule has 0 spiro atoms. The van der Waals surface area contributed by atoms with Gasteiger partial charge in [0.2, 0.25) is 11.8 Å². The van der Waals surface area contributed by atoms with Crippen molar-refractivity contribution in [1.82, 2.24) is 25.0 Å². The number of amides is 2. The van der Waals surface area contributed by atoms with Crippen LogP contribution in [0.1, 0.15) is 55.5 Å². The zero-order chi connectivity index (χ0) is 32.0. The van der Waals surface area contributed by atoms with Gasteiger partial charge in [0.15, 0.2) is 5.82 Å². The molecule has 0 radical (unpaired) electrons. The zero-order valence-electron chi connectivity index (χ0n) is 26.5. The molecule has 3 aliphatic rings. The third-order valence-corrected chi connectivity index (χ3v) is 9.65. The molecule has 0 bridgehead atoms. The number of nitrogens with one attached hydrogen (secondary N) is 1. The summed E-state index contributed by atoms with van der Waals surface area (Å²) in [5.41, 5.74) is 2.00. The molecule has 2 amide bonds. The Balaban J connectivity index is 1.36. The first-order valence-corrected chi connectivity index (χ1v) is 15.7. The highest BCUT2D eigenvalue weighted by Gasteiger charge is 2.61. The maximum atomic E-state index is 13.8. The number of fused-ring (bicyclic) bond motifs is 3. The second kappa shape index (κ2) is 11.8. The number of carboxylic acids is 1. The molecule has 5 atom stereocenters. The Morgan fingerprint density at radius 2 is 1.87 bits per heavy atom. The fourth-order valence-electron chi connectivity index (χ4n) is 7.02. The standard InChI is InChI=1S/C34H41N5O6/c1-19-14-20(2)39(37-19)29-17-28(24-11-12-27(44-5)21(3)30(24)35-29)45-23-15-25-26(16-23)32(41)38(4)13-9-7-6-8-10-22-18-34(22,33(42)43)36-31(25)40/h8,10-12,14,17,22-23,25-26H,6-7,9,13,15-16,18H2,1-5H3,(H,36,40)(H,42,43)/b10-8+. The van der Waals surface area contributed by atoms with E-state index in [1.165, 1.54) is 0 Å². The number of benzene rings is 1. The topological polar surface area (TPSA) is 136 Å². The molecule has 3 aromatic rings. The molecule has 3 heterocycles. The van der Waals surface area contributed by atoms with Gasteiger partial charge in [-0.2, -0.15) is 5.10 Å². The second-order valence-electron chi connectivity index (χ2n) is 12.8. The largest absolute Gasteiger partial charge is 0.496 e. The predicted molar refractivity (Wildman–Crippen MR) is 168 cm³/mol. The zero-order valence-corrected chi connectivity index (χ0v) is 26.5. The van der Waals surface area contributed by atoms with E-state index in [1.54, 1.807) is 23.7 Å². The smallest absolute Gasteiger partial charge is 0.330 e. The number of rotatable bonds is 5. The molecule has 238 valence electrons. The Bertz CT molecular complexity index is 1700. The summed E-state index contributed by atoms with van der Waals surface area (Å²) in [6, 6.07) is 7.60. The van der Waals surface area contributed by atoms with Gasteiger partial charge < -0.3 is 24.8 Å². The van der Waals surface area contributed by atoms with Crippen molar-refractivity contribution in [3.05, 3.63) is 53.4 Å². The summed E-state index contributed by atoms with van der Waals surface area (Å²) in [6.07, 6.45) is 6.92. The fourth-order valence-corrected chi connectivity index (χ4v) is 7.02. The maximum Gasteiger partial charge on any atom is 0.330 e. The van der Waals surface area contributed by atoms with Crippen LogP contribution in [0, 0.1) is 38.5 Å². The molecule has 5 unspecified atom stereocenters. The Hall–Kier alpha value is -4.41. The van der Waals surface area contributed by atoms with Gasteiger partial charge >= 0.3 is 5.97 Å². The van der Waals surface area contributed by atoms with E-state index >= 15 is 0 Å². The summed E-state index contributed by atoms with van der Waals surface area (Å²) in [6.45, 7) is 6.42. The molecule has 45 heavy (non-hydrogen) atoms. The molecule has 0 saturated heterocycles. The molecular formula is C34H41N5O6. The van der Waals surface area contributed by atoms with E-state index in [9.17, 15) is 19.5 Å². The van der Waals surface area contributed by atoms with E-state index < -0.39 is 35.4 Å². The minimum Gasteiger partial charge on any atom is -0.496 e. The first-order chi connectivity index (χ1) is 21.5. The number of allylic oxidation sites excluding steroid dienone is 1. The van der Waals surface area contributed by atoms with Crippen molar-refractivity contribution in [2.45, 2.75) is 70.9 Å². The lowest BCUT2D eigenvalue weighted by atomic mass is 9.93. The molecule has 2 aromatic heterocycles. The van der Waals surface area contributed by atoms with E-state index in [2.05, 4.69) is 10.4 Å². The van der Waals surface area contributed by atoms with Crippen molar-refractivity contribution in [2.24, 2.45) is 17.8 Å². The van der Waals surface area contributed by atoms with Gasteiger partial charge in [-0.15, -0.1) is 0 Å². The van der Waals surface area contributed by atoms with Crippen LogP contribution in [0.2, 0.25) is 0 Å². The first-order valence-electron chi connectivity index (χ1n) is 15.7. The highest BCUT2D eigenvalue weighted by Crippen LogP contribution is 2.47. The number of hydrogen-bond acceptors (Lipinski definition) is 7. The lowest BCUT2D eigenvalue weighted by molar-refractivity contribution is -0.145. The molecule has 1 aromatic carbocycles. The van der Waals surface area contributed by atoms with Crippen LogP contribution in [0.3, 0.4) is 0 Å². The van der Waals surface area contributed by atoms with Crippen molar-refractivity contribution in [3.63, 3.8) is 0 Å². The Morgan fingerprint density at radius 3 is 2.58 bits per heavy atom. The van der Waals surface area contributed by atoms with Gasteiger partial charge in [0.25, 0.3) is 0 Å². The van der Waals surface area contributed by atoms with Crippen LogP contribution in [-0.2, 0) is 14.4 Å². The van der Waals surface area contributed by atoms with Crippen LogP contribution >= 0.6 is 0 Å². The molecule has 11 nitrogen and oxygen atoms in total. The highest BCUT2D eigenvalue weighted by molar-refractivity contribution is 5.94. The van der Waals surface area contributed by atoms with E-state index in [0.29, 0.717) is 42.2 Å². The van der Waals surface area contributed by atoms with E-state index in [4.69, 9.17) is 14.5 Å². The fraction of sp³-hybridized carbons (Fsp3) is 0.500. The molecule has 2 fully saturated rings. The van der Waals surface area contributed by atoms with Crippen LogP contribution in [0.4, 0.5) is 0 Å². The molecule has 2 N–H and O–H groups in total. The minimum atomic E-state index is -1.33. The number of hydrogen-bond donors (Lipinski definition) is 2. The Morgan fingerprint density at radius 1 is 1.09 bits per heavy atom. The summed E-state index contributed by atoms with van der Waals surface area (Å²) in [5.74, 6) is -1.34. The average Bonchev–Trinajstić information content (AvgIpc) is 3.35. The molecule has 2 aliphatic carbocycles. The van der Waals surface area contributed by atoms with Gasteiger partial charge in [-0.25, -0.2) is 14.5 Å². The van der Waals surface area contributed by atoms with Crippen molar-refractivity contribution in [3.8, 4) is 17.3 Å². The van der Waals surface area contributed by atoms with Crippen molar-refractivity contribution in [2.75, 3.05) is 20.7 Å². The van der Waals surface area contributed by atoms with Crippen LogP contribution < -0.4 is 14.8 Å². The van der Waals surface area contributed by atoms with Crippen molar-refractivity contribution >= 4 is 28.7 Å². The van der Waals surface area contributed by atoms with Crippen molar-refractivity contribution in [1.29, 1.82) is 0 Å². The number of aliphatic carboxylic acids is 1. The number of pyridine rings is 1. The average molecular weight is 616 g/mol. The lowest BCUT2D eigenvalue weighted by Gasteiger charge is -2.26. The summed E-state index contributed by atoms with van der Waals surface area (Å²) >= 11 is 0. The monoisotopic (exact) mass is 615 g/mol. The van der Waals surface area contributed by atoms with Gasteiger partial charge in [0.05, 0.1) is 30.2 Å². The number of methoxy groups -OCH3 is 1. The summed E-state index contributed by atoms with van der Waals surface area (Å²) in [5, 5.41) is 18.3. The van der Waals surface area contributed by atoms with Crippen LogP contribution in [0.5, 0.6) is 11.5 Å². The molecular weight excluding hydrogens is 574 g/mol. The number of aromatic nitrogens is 3. The number of carboxylic acid groups (broad SMARTS) is 1. The number of ether oxygens (including phenoxy) is 2.